The summed E-state index contributed by atoms with van der Waals surface area (Å²) >= 11 is 1.71. The topological polar surface area (TPSA) is 32.3 Å². The SMILES string of the molecule is O=C(CC1CCCC1)NCC1SC=CN1CCc1ccccc1F. The van der Waals surface area contributed by atoms with E-state index in [2.05, 4.69) is 15.6 Å². The lowest BCUT2D eigenvalue weighted by Crippen LogP contribution is -2.38. The summed E-state index contributed by atoms with van der Waals surface area (Å²) in [4.78, 5) is 14.3. The molecule has 0 radical (unpaired) electrons. The molecule has 5 heteroatoms. The van der Waals surface area contributed by atoms with Gasteiger partial charge in [-0.05, 0) is 42.2 Å². The zero-order valence-corrected chi connectivity index (χ0v) is 14.7. The standard InChI is InChI=1S/C19H25FN2OS/c20-17-8-4-3-7-16(17)9-10-22-11-12-24-19(22)14-21-18(23)13-15-5-1-2-6-15/h3-4,7-8,11-12,15,19H,1-2,5-6,9-10,13-14H2,(H,21,23). The lowest BCUT2D eigenvalue weighted by Gasteiger charge is -2.25. The van der Waals surface area contributed by atoms with Gasteiger partial charge in [0, 0.05) is 25.7 Å². The molecule has 1 heterocycles. The van der Waals surface area contributed by atoms with E-state index in [1.807, 2.05) is 18.3 Å². The van der Waals surface area contributed by atoms with Gasteiger partial charge in [0.1, 0.15) is 5.82 Å². The van der Waals surface area contributed by atoms with Crippen molar-refractivity contribution in [1.29, 1.82) is 0 Å². The van der Waals surface area contributed by atoms with E-state index >= 15 is 0 Å². The van der Waals surface area contributed by atoms with Gasteiger partial charge in [-0.25, -0.2) is 4.39 Å². The van der Waals surface area contributed by atoms with Crippen molar-refractivity contribution >= 4 is 17.7 Å². The number of benzene rings is 1. The molecule has 1 aliphatic heterocycles. The van der Waals surface area contributed by atoms with Crippen LogP contribution in [0.25, 0.3) is 0 Å². The van der Waals surface area contributed by atoms with Crippen LogP contribution in [0.5, 0.6) is 0 Å². The molecule has 0 bridgehead atoms. The largest absolute Gasteiger partial charge is 0.363 e. The summed E-state index contributed by atoms with van der Waals surface area (Å²) in [5.41, 5.74) is 0.742. The van der Waals surface area contributed by atoms with Crippen LogP contribution in [0.1, 0.15) is 37.7 Å². The Balaban J connectivity index is 1.42. The molecule has 1 N–H and O–H groups in total. The van der Waals surface area contributed by atoms with Gasteiger partial charge >= 0.3 is 0 Å². The van der Waals surface area contributed by atoms with Crippen molar-refractivity contribution < 1.29 is 9.18 Å². The molecule has 130 valence electrons. The van der Waals surface area contributed by atoms with Gasteiger partial charge in [0.15, 0.2) is 0 Å². The molecule has 24 heavy (non-hydrogen) atoms. The molecule has 1 unspecified atom stereocenters. The van der Waals surface area contributed by atoms with Gasteiger partial charge in [-0.3, -0.25) is 4.79 Å². The van der Waals surface area contributed by atoms with Crippen molar-refractivity contribution in [3.63, 3.8) is 0 Å². The number of carbonyl (C=O) groups excluding carboxylic acids is 1. The van der Waals surface area contributed by atoms with E-state index in [1.54, 1.807) is 17.8 Å². The Labute approximate surface area is 147 Å². The maximum Gasteiger partial charge on any atom is 0.220 e. The minimum absolute atomic E-state index is 0.144. The number of nitrogens with one attached hydrogen (secondary N) is 1. The van der Waals surface area contributed by atoms with Crippen molar-refractivity contribution in [3.05, 3.63) is 47.3 Å². The molecular weight excluding hydrogens is 323 g/mol. The average Bonchev–Trinajstić information content (AvgIpc) is 3.24. The van der Waals surface area contributed by atoms with Crippen LogP contribution in [0.4, 0.5) is 4.39 Å². The summed E-state index contributed by atoms with van der Waals surface area (Å²) in [6.07, 6.45) is 8.31. The van der Waals surface area contributed by atoms with Crippen molar-refractivity contribution in [2.45, 2.75) is 43.9 Å². The first-order chi connectivity index (χ1) is 11.7. The number of thioether (sulfide) groups is 1. The van der Waals surface area contributed by atoms with E-state index in [0.29, 0.717) is 25.3 Å². The van der Waals surface area contributed by atoms with E-state index in [0.717, 1.165) is 12.1 Å². The monoisotopic (exact) mass is 348 g/mol. The summed E-state index contributed by atoms with van der Waals surface area (Å²) < 4.78 is 13.7. The molecule has 0 saturated heterocycles. The minimum Gasteiger partial charge on any atom is -0.363 e. The molecular formula is C19H25FN2OS. The smallest absolute Gasteiger partial charge is 0.220 e. The van der Waals surface area contributed by atoms with Crippen LogP contribution < -0.4 is 5.32 Å². The summed E-state index contributed by atoms with van der Waals surface area (Å²) in [6.45, 7) is 1.40. The molecule has 1 fully saturated rings. The molecule has 3 nitrogen and oxygen atoms in total. The third kappa shape index (κ3) is 4.76. The van der Waals surface area contributed by atoms with Crippen LogP contribution in [0.15, 0.2) is 35.9 Å². The fourth-order valence-electron chi connectivity index (χ4n) is 3.46. The second kappa shape index (κ2) is 8.56. The van der Waals surface area contributed by atoms with Gasteiger partial charge in [-0.2, -0.15) is 0 Å². The van der Waals surface area contributed by atoms with E-state index in [9.17, 15) is 9.18 Å². The molecule has 1 aromatic rings. The van der Waals surface area contributed by atoms with E-state index in [1.165, 1.54) is 31.7 Å². The van der Waals surface area contributed by atoms with Crippen molar-refractivity contribution in [2.75, 3.05) is 13.1 Å². The average molecular weight is 348 g/mol. The summed E-state index contributed by atoms with van der Waals surface area (Å²) in [5, 5.41) is 5.34. The molecule has 1 saturated carbocycles. The fourth-order valence-corrected chi connectivity index (χ4v) is 4.38. The number of carbonyl (C=O) groups is 1. The summed E-state index contributed by atoms with van der Waals surface area (Å²) in [6, 6.07) is 6.92. The predicted molar refractivity (Wildman–Crippen MR) is 96.9 cm³/mol. The number of hydrogen-bond acceptors (Lipinski definition) is 3. The zero-order valence-electron chi connectivity index (χ0n) is 13.9. The highest BCUT2D eigenvalue weighted by Gasteiger charge is 2.22. The second-order valence-electron chi connectivity index (χ2n) is 6.61. The maximum atomic E-state index is 13.7. The van der Waals surface area contributed by atoms with Gasteiger partial charge in [0.25, 0.3) is 0 Å². The fraction of sp³-hybridized carbons (Fsp3) is 0.526. The van der Waals surface area contributed by atoms with Gasteiger partial charge < -0.3 is 10.2 Å². The molecule has 1 aliphatic carbocycles. The third-order valence-electron chi connectivity index (χ3n) is 4.88. The van der Waals surface area contributed by atoms with Gasteiger partial charge in [0.2, 0.25) is 5.91 Å². The first-order valence-corrected chi connectivity index (χ1v) is 9.74. The molecule has 1 atom stereocenters. The highest BCUT2D eigenvalue weighted by atomic mass is 32.2. The Bertz CT molecular complexity index is 586. The normalized spacial score (nSPS) is 20.7. The molecule has 1 aromatic carbocycles. The molecule has 0 spiro atoms. The van der Waals surface area contributed by atoms with Gasteiger partial charge in [-0.1, -0.05) is 31.0 Å². The number of halogens is 1. The van der Waals surface area contributed by atoms with Crippen LogP contribution in [0.3, 0.4) is 0 Å². The third-order valence-corrected chi connectivity index (χ3v) is 5.91. The number of nitrogens with zero attached hydrogens (tertiary/aromatic N) is 1. The summed E-state index contributed by atoms with van der Waals surface area (Å²) in [7, 11) is 0. The van der Waals surface area contributed by atoms with Crippen LogP contribution in [-0.2, 0) is 11.2 Å². The maximum absolute atomic E-state index is 13.7. The molecule has 2 aliphatic rings. The molecule has 0 aromatic heterocycles. The Morgan fingerprint density at radius 3 is 2.88 bits per heavy atom. The highest BCUT2D eigenvalue weighted by Crippen LogP contribution is 2.28. The van der Waals surface area contributed by atoms with E-state index < -0.39 is 0 Å². The Hall–Kier alpha value is -1.49. The number of hydrogen-bond donors (Lipinski definition) is 1. The quantitative estimate of drug-likeness (QED) is 0.811. The van der Waals surface area contributed by atoms with Crippen LogP contribution in [0.2, 0.25) is 0 Å². The van der Waals surface area contributed by atoms with Gasteiger partial charge in [-0.15, -0.1) is 11.8 Å². The first kappa shape index (κ1) is 17.3. The lowest BCUT2D eigenvalue weighted by atomic mass is 10.0. The number of rotatable bonds is 7. The van der Waals surface area contributed by atoms with Gasteiger partial charge in [0.05, 0.1) is 5.37 Å². The van der Waals surface area contributed by atoms with Crippen LogP contribution >= 0.6 is 11.8 Å². The Kier molecular flexibility index (Phi) is 6.18. The Morgan fingerprint density at radius 1 is 1.29 bits per heavy atom. The van der Waals surface area contributed by atoms with E-state index in [4.69, 9.17) is 0 Å². The van der Waals surface area contributed by atoms with Crippen LogP contribution in [0, 0.1) is 11.7 Å². The van der Waals surface area contributed by atoms with E-state index in [-0.39, 0.29) is 17.1 Å². The minimum atomic E-state index is -0.144. The number of amides is 1. The molecule has 1 amide bonds. The highest BCUT2D eigenvalue weighted by molar-refractivity contribution is 8.02. The first-order valence-electron chi connectivity index (χ1n) is 8.80. The Morgan fingerprint density at radius 2 is 2.08 bits per heavy atom. The van der Waals surface area contributed by atoms with Crippen molar-refractivity contribution in [3.8, 4) is 0 Å². The summed E-state index contributed by atoms with van der Waals surface area (Å²) in [5.74, 6) is 0.606. The lowest BCUT2D eigenvalue weighted by molar-refractivity contribution is -0.122. The zero-order chi connectivity index (χ0) is 16.8. The second-order valence-corrected chi connectivity index (χ2v) is 7.70. The molecule has 3 rings (SSSR count). The van der Waals surface area contributed by atoms with Crippen LogP contribution in [-0.4, -0.2) is 29.3 Å². The van der Waals surface area contributed by atoms with Crippen molar-refractivity contribution in [1.82, 2.24) is 10.2 Å². The van der Waals surface area contributed by atoms with Crippen molar-refractivity contribution in [2.24, 2.45) is 5.92 Å². The predicted octanol–water partition coefficient (Wildman–Crippen LogP) is 3.91.